The second kappa shape index (κ2) is 4.65. The minimum Gasteiger partial charge on any atom is -0.334 e. The Morgan fingerprint density at radius 2 is 2.40 bits per heavy atom. The molecule has 0 amide bonds. The van der Waals surface area contributed by atoms with Crippen molar-refractivity contribution in [2.45, 2.75) is 13.5 Å². The van der Waals surface area contributed by atoms with Gasteiger partial charge in [-0.05, 0) is 18.7 Å². The summed E-state index contributed by atoms with van der Waals surface area (Å²) in [7, 11) is 0. The molecular formula is C10H12N4O. The number of aromatic nitrogens is 3. The summed E-state index contributed by atoms with van der Waals surface area (Å²) in [6.45, 7) is 3.54. The van der Waals surface area contributed by atoms with E-state index in [1.165, 1.54) is 0 Å². The quantitative estimate of drug-likeness (QED) is 0.811. The van der Waals surface area contributed by atoms with E-state index in [0.717, 1.165) is 12.1 Å². The highest BCUT2D eigenvalue weighted by Gasteiger charge is 2.07. The van der Waals surface area contributed by atoms with Gasteiger partial charge >= 0.3 is 0 Å². The maximum absolute atomic E-state index is 5.11. The summed E-state index contributed by atoms with van der Waals surface area (Å²) in [6, 6.07) is 3.72. The van der Waals surface area contributed by atoms with Crippen molar-refractivity contribution in [3.63, 3.8) is 0 Å². The van der Waals surface area contributed by atoms with Crippen LogP contribution in [0.2, 0.25) is 0 Å². The second-order valence-electron chi connectivity index (χ2n) is 3.04. The average molecular weight is 204 g/mol. The molecule has 0 unspecified atom stereocenters. The summed E-state index contributed by atoms with van der Waals surface area (Å²) in [6.07, 6.45) is 3.41. The van der Waals surface area contributed by atoms with Crippen LogP contribution < -0.4 is 5.32 Å². The number of pyridine rings is 1. The van der Waals surface area contributed by atoms with E-state index in [-0.39, 0.29) is 0 Å². The van der Waals surface area contributed by atoms with E-state index in [1.54, 1.807) is 12.4 Å². The molecule has 0 aliphatic rings. The number of rotatable bonds is 4. The molecule has 2 aromatic rings. The Bertz CT molecular complexity index is 412. The molecule has 2 heterocycles. The minimum absolute atomic E-state index is 0.510. The Labute approximate surface area is 87.5 Å². The van der Waals surface area contributed by atoms with Gasteiger partial charge in [0, 0.05) is 12.4 Å². The summed E-state index contributed by atoms with van der Waals surface area (Å²) >= 11 is 0. The van der Waals surface area contributed by atoms with Gasteiger partial charge in [0.2, 0.25) is 0 Å². The predicted octanol–water partition coefficient (Wildman–Crippen LogP) is 1.24. The van der Waals surface area contributed by atoms with Crippen LogP contribution in [0.4, 0.5) is 0 Å². The molecule has 0 fully saturated rings. The fourth-order valence-electron chi connectivity index (χ4n) is 1.17. The molecule has 0 spiro atoms. The SMILES string of the molecule is CCNCc1noc(-c2cccnc2)n1. The monoisotopic (exact) mass is 204 g/mol. The van der Waals surface area contributed by atoms with Crippen molar-refractivity contribution in [1.29, 1.82) is 0 Å². The lowest BCUT2D eigenvalue weighted by Gasteiger charge is -1.92. The van der Waals surface area contributed by atoms with Crippen molar-refractivity contribution in [2.24, 2.45) is 0 Å². The highest BCUT2D eigenvalue weighted by Crippen LogP contribution is 2.14. The molecule has 2 aromatic heterocycles. The van der Waals surface area contributed by atoms with Crippen molar-refractivity contribution >= 4 is 0 Å². The molecule has 0 bridgehead atoms. The van der Waals surface area contributed by atoms with Gasteiger partial charge in [-0.3, -0.25) is 4.98 Å². The first-order chi connectivity index (χ1) is 7.40. The van der Waals surface area contributed by atoms with Crippen LogP contribution in [-0.4, -0.2) is 21.7 Å². The highest BCUT2D eigenvalue weighted by molar-refractivity contribution is 5.50. The van der Waals surface area contributed by atoms with E-state index >= 15 is 0 Å². The average Bonchev–Trinajstić information content (AvgIpc) is 2.76. The van der Waals surface area contributed by atoms with Crippen molar-refractivity contribution < 1.29 is 4.52 Å². The Balaban J connectivity index is 2.14. The number of nitrogens with zero attached hydrogens (tertiary/aromatic N) is 3. The van der Waals surface area contributed by atoms with Crippen LogP contribution in [0.3, 0.4) is 0 Å². The molecule has 0 atom stereocenters. The van der Waals surface area contributed by atoms with E-state index in [0.29, 0.717) is 18.3 Å². The van der Waals surface area contributed by atoms with Gasteiger partial charge in [-0.2, -0.15) is 4.98 Å². The molecule has 0 radical (unpaired) electrons. The molecule has 0 aliphatic carbocycles. The first-order valence-corrected chi connectivity index (χ1v) is 4.84. The molecule has 0 saturated carbocycles. The van der Waals surface area contributed by atoms with E-state index in [1.807, 2.05) is 19.1 Å². The standard InChI is InChI=1S/C10H12N4O/c1-2-11-7-9-13-10(15-14-9)8-4-3-5-12-6-8/h3-6,11H,2,7H2,1H3. The molecule has 1 N–H and O–H groups in total. The van der Waals surface area contributed by atoms with Gasteiger partial charge in [-0.15, -0.1) is 0 Å². The molecule has 5 nitrogen and oxygen atoms in total. The van der Waals surface area contributed by atoms with E-state index < -0.39 is 0 Å². The smallest absolute Gasteiger partial charge is 0.259 e. The van der Waals surface area contributed by atoms with Crippen molar-refractivity contribution in [1.82, 2.24) is 20.4 Å². The first-order valence-electron chi connectivity index (χ1n) is 4.84. The van der Waals surface area contributed by atoms with Crippen LogP contribution in [-0.2, 0) is 6.54 Å². The topological polar surface area (TPSA) is 63.8 Å². The molecular weight excluding hydrogens is 192 g/mol. The highest BCUT2D eigenvalue weighted by atomic mass is 16.5. The Kier molecular flexibility index (Phi) is 3.04. The van der Waals surface area contributed by atoms with Crippen LogP contribution in [0.1, 0.15) is 12.7 Å². The third-order valence-electron chi connectivity index (χ3n) is 1.91. The maximum atomic E-state index is 5.11. The van der Waals surface area contributed by atoms with Gasteiger partial charge in [0.25, 0.3) is 5.89 Å². The lowest BCUT2D eigenvalue weighted by atomic mass is 10.3. The number of hydrogen-bond donors (Lipinski definition) is 1. The zero-order valence-electron chi connectivity index (χ0n) is 8.47. The van der Waals surface area contributed by atoms with Crippen molar-refractivity contribution in [3.8, 4) is 11.5 Å². The van der Waals surface area contributed by atoms with Crippen LogP contribution in [0.5, 0.6) is 0 Å². The fraction of sp³-hybridized carbons (Fsp3) is 0.300. The predicted molar refractivity (Wildman–Crippen MR) is 54.9 cm³/mol. The third-order valence-corrected chi connectivity index (χ3v) is 1.91. The van der Waals surface area contributed by atoms with Gasteiger partial charge < -0.3 is 9.84 Å². The summed E-state index contributed by atoms with van der Waals surface area (Å²) in [5.41, 5.74) is 0.841. The second-order valence-corrected chi connectivity index (χ2v) is 3.04. The fourth-order valence-corrected chi connectivity index (χ4v) is 1.17. The summed E-state index contributed by atoms with van der Waals surface area (Å²) in [5, 5.41) is 6.98. The van der Waals surface area contributed by atoms with Crippen molar-refractivity contribution in [3.05, 3.63) is 30.4 Å². The zero-order valence-corrected chi connectivity index (χ0v) is 8.47. The summed E-state index contributed by atoms with van der Waals surface area (Å²) in [5.74, 6) is 1.17. The van der Waals surface area contributed by atoms with Gasteiger partial charge in [-0.1, -0.05) is 12.1 Å². The molecule has 0 aromatic carbocycles. The molecule has 5 heteroatoms. The van der Waals surface area contributed by atoms with Gasteiger partial charge in [0.1, 0.15) is 0 Å². The van der Waals surface area contributed by atoms with Gasteiger partial charge in [-0.25, -0.2) is 0 Å². The molecule has 0 saturated heterocycles. The lowest BCUT2D eigenvalue weighted by Crippen LogP contribution is -2.12. The lowest BCUT2D eigenvalue weighted by molar-refractivity contribution is 0.419. The van der Waals surface area contributed by atoms with Crippen LogP contribution in [0.15, 0.2) is 29.0 Å². The van der Waals surface area contributed by atoms with Gasteiger partial charge in [0.05, 0.1) is 12.1 Å². The minimum atomic E-state index is 0.510. The van der Waals surface area contributed by atoms with Gasteiger partial charge in [0.15, 0.2) is 5.82 Å². The third kappa shape index (κ3) is 2.38. The summed E-state index contributed by atoms with van der Waals surface area (Å²) < 4.78 is 5.11. The molecule has 15 heavy (non-hydrogen) atoms. The number of nitrogens with one attached hydrogen (secondary N) is 1. The zero-order chi connectivity index (χ0) is 10.5. The Morgan fingerprint density at radius 1 is 1.47 bits per heavy atom. The molecule has 78 valence electrons. The van der Waals surface area contributed by atoms with Crippen LogP contribution in [0, 0.1) is 0 Å². The maximum Gasteiger partial charge on any atom is 0.259 e. The van der Waals surface area contributed by atoms with E-state index in [2.05, 4.69) is 20.4 Å². The normalized spacial score (nSPS) is 10.5. The van der Waals surface area contributed by atoms with Crippen molar-refractivity contribution in [2.75, 3.05) is 6.54 Å². The van der Waals surface area contributed by atoms with E-state index in [9.17, 15) is 0 Å². The molecule has 0 aliphatic heterocycles. The largest absolute Gasteiger partial charge is 0.334 e. The van der Waals surface area contributed by atoms with E-state index in [4.69, 9.17) is 4.52 Å². The number of hydrogen-bond acceptors (Lipinski definition) is 5. The van der Waals surface area contributed by atoms with Crippen LogP contribution in [0.25, 0.3) is 11.5 Å². The first kappa shape index (κ1) is 9.79. The van der Waals surface area contributed by atoms with Crippen LogP contribution >= 0.6 is 0 Å². The Morgan fingerprint density at radius 3 is 3.13 bits per heavy atom. The molecule has 2 rings (SSSR count). The summed E-state index contributed by atoms with van der Waals surface area (Å²) in [4.78, 5) is 8.23. The Hall–Kier alpha value is -1.75.